The summed E-state index contributed by atoms with van der Waals surface area (Å²) in [5.74, 6) is 0. The molecule has 1 heteroatoms. The van der Waals surface area contributed by atoms with Crippen LogP contribution in [0.5, 0.6) is 0 Å². The van der Waals surface area contributed by atoms with E-state index in [1.54, 1.807) is 0 Å². The molecule has 1 aromatic carbocycles. The summed E-state index contributed by atoms with van der Waals surface area (Å²) < 4.78 is 0. The molecule has 1 unspecified atom stereocenters. The Hall–Kier alpha value is -0.820. The molecule has 0 saturated carbocycles. The van der Waals surface area contributed by atoms with Crippen molar-refractivity contribution in [2.75, 3.05) is 6.54 Å². The SMILES string of the molecule is CCCCC(CCc1ccc(C)cc1)NCC. The fourth-order valence-electron chi connectivity index (χ4n) is 2.18. The van der Waals surface area contributed by atoms with E-state index in [2.05, 4.69) is 50.4 Å². The first-order chi connectivity index (χ1) is 8.26. The second-order valence-corrected chi connectivity index (χ2v) is 4.92. The lowest BCUT2D eigenvalue weighted by molar-refractivity contribution is 0.449. The van der Waals surface area contributed by atoms with Crippen LogP contribution in [0.25, 0.3) is 0 Å². The first kappa shape index (κ1) is 14.2. The Morgan fingerprint density at radius 3 is 2.35 bits per heavy atom. The molecule has 0 aliphatic heterocycles. The fourth-order valence-corrected chi connectivity index (χ4v) is 2.18. The fraction of sp³-hybridized carbons (Fsp3) is 0.625. The highest BCUT2D eigenvalue weighted by Crippen LogP contribution is 2.11. The second-order valence-electron chi connectivity index (χ2n) is 4.92. The normalized spacial score (nSPS) is 12.6. The van der Waals surface area contributed by atoms with E-state index in [9.17, 15) is 0 Å². The number of hydrogen-bond donors (Lipinski definition) is 1. The Bertz CT molecular complexity index is 289. The maximum atomic E-state index is 3.60. The van der Waals surface area contributed by atoms with Crippen LogP contribution in [0.2, 0.25) is 0 Å². The van der Waals surface area contributed by atoms with Crippen molar-refractivity contribution in [3.63, 3.8) is 0 Å². The van der Waals surface area contributed by atoms with Crippen LogP contribution in [0, 0.1) is 6.92 Å². The molecule has 0 radical (unpaired) electrons. The summed E-state index contributed by atoms with van der Waals surface area (Å²) in [6, 6.07) is 9.64. The van der Waals surface area contributed by atoms with Crippen molar-refractivity contribution in [3.05, 3.63) is 35.4 Å². The molecule has 1 atom stereocenters. The monoisotopic (exact) mass is 233 g/mol. The van der Waals surface area contributed by atoms with Gasteiger partial charge in [-0.2, -0.15) is 0 Å². The van der Waals surface area contributed by atoms with Gasteiger partial charge in [0.25, 0.3) is 0 Å². The van der Waals surface area contributed by atoms with Crippen LogP contribution < -0.4 is 5.32 Å². The molecule has 0 spiro atoms. The average molecular weight is 233 g/mol. The van der Waals surface area contributed by atoms with Crippen molar-refractivity contribution in [1.29, 1.82) is 0 Å². The van der Waals surface area contributed by atoms with Gasteiger partial charge in [0, 0.05) is 6.04 Å². The zero-order chi connectivity index (χ0) is 12.5. The molecule has 0 heterocycles. The number of benzene rings is 1. The standard InChI is InChI=1S/C16H27N/c1-4-6-7-16(17-5-2)13-12-15-10-8-14(3)9-11-15/h8-11,16-17H,4-7,12-13H2,1-3H3. The van der Waals surface area contributed by atoms with E-state index in [0.29, 0.717) is 6.04 Å². The molecule has 1 N–H and O–H groups in total. The number of rotatable bonds is 8. The number of aryl methyl sites for hydroxylation is 2. The Morgan fingerprint density at radius 2 is 1.76 bits per heavy atom. The van der Waals surface area contributed by atoms with Crippen molar-refractivity contribution < 1.29 is 0 Å². The molecular formula is C16H27N. The minimum absolute atomic E-state index is 0.696. The van der Waals surface area contributed by atoms with Crippen LogP contribution in [-0.2, 0) is 6.42 Å². The molecule has 0 fully saturated rings. The number of nitrogens with one attached hydrogen (secondary N) is 1. The van der Waals surface area contributed by atoms with Crippen LogP contribution in [0.4, 0.5) is 0 Å². The average Bonchev–Trinajstić information content (AvgIpc) is 2.35. The van der Waals surface area contributed by atoms with E-state index >= 15 is 0 Å². The molecule has 0 bridgehead atoms. The van der Waals surface area contributed by atoms with Gasteiger partial charge in [-0.3, -0.25) is 0 Å². The topological polar surface area (TPSA) is 12.0 Å². The Kier molecular flexibility index (Phi) is 6.95. The summed E-state index contributed by atoms with van der Waals surface area (Å²) in [5, 5.41) is 3.60. The van der Waals surface area contributed by atoms with Crippen molar-refractivity contribution >= 4 is 0 Å². The highest BCUT2D eigenvalue weighted by Gasteiger charge is 2.06. The van der Waals surface area contributed by atoms with Gasteiger partial charge in [-0.05, 0) is 38.3 Å². The van der Waals surface area contributed by atoms with Crippen LogP contribution in [0.3, 0.4) is 0 Å². The summed E-state index contributed by atoms with van der Waals surface area (Å²) in [4.78, 5) is 0. The molecule has 1 nitrogen and oxygen atoms in total. The molecule has 0 aromatic heterocycles. The lowest BCUT2D eigenvalue weighted by Gasteiger charge is -2.17. The van der Waals surface area contributed by atoms with Gasteiger partial charge in [0.05, 0.1) is 0 Å². The van der Waals surface area contributed by atoms with Crippen LogP contribution >= 0.6 is 0 Å². The summed E-state index contributed by atoms with van der Waals surface area (Å²) in [6.45, 7) is 7.70. The zero-order valence-electron chi connectivity index (χ0n) is 11.6. The van der Waals surface area contributed by atoms with Gasteiger partial charge in [-0.1, -0.05) is 56.5 Å². The van der Waals surface area contributed by atoms with Gasteiger partial charge in [0.2, 0.25) is 0 Å². The van der Waals surface area contributed by atoms with Crippen molar-refractivity contribution in [2.24, 2.45) is 0 Å². The van der Waals surface area contributed by atoms with Crippen molar-refractivity contribution in [1.82, 2.24) is 5.32 Å². The minimum atomic E-state index is 0.696. The predicted molar refractivity (Wildman–Crippen MR) is 76.5 cm³/mol. The van der Waals surface area contributed by atoms with Crippen LogP contribution in [0.15, 0.2) is 24.3 Å². The first-order valence-corrected chi connectivity index (χ1v) is 7.05. The first-order valence-electron chi connectivity index (χ1n) is 7.05. The molecule has 1 aromatic rings. The molecule has 0 amide bonds. The maximum Gasteiger partial charge on any atom is 0.00701 e. The largest absolute Gasteiger partial charge is 0.314 e. The quantitative estimate of drug-likeness (QED) is 0.713. The minimum Gasteiger partial charge on any atom is -0.314 e. The molecule has 0 saturated heterocycles. The van der Waals surface area contributed by atoms with E-state index in [1.165, 1.54) is 43.2 Å². The predicted octanol–water partition coefficient (Wildman–Crippen LogP) is 4.10. The molecule has 96 valence electrons. The Morgan fingerprint density at radius 1 is 1.06 bits per heavy atom. The van der Waals surface area contributed by atoms with Gasteiger partial charge in [-0.25, -0.2) is 0 Å². The second kappa shape index (κ2) is 8.30. The lowest BCUT2D eigenvalue weighted by atomic mass is 10.0. The maximum absolute atomic E-state index is 3.60. The molecule has 1 rings (SSSR count). The third-order valence-electron chi connectivity index (χ3n) is 3.30. The molecule has 17 heavy (non-hydrogen) atoms. The zero-order valence-corrected chi connectivity index (χ0v) is 11.6. The van der Waals surface area contributed by atoms with Gasteiger partial charge in [-0.15, -0.1) is 0 Å². The van der Waals surface area contributed by atoms with Gasteiger partial charge >= 0.3 is 0 Å². The van der Waals surface area contributed by atoms with E-state index in [-0.39, 0.29) is 0 Å². The number of hydrogen-bond acceptors (Lipinski definition) is 1. The summed E-state index contributed by atoms with van der Waals surface area (Å²) in [6.07, 6.45) is 6.41. The Balaban J connectivity index is 2.37. The summed E-state index contributed by atoms with van der Waals surface area (Å²) in [7, 11) is 0. The van der Waals surface area contributed by atoms with Gasteiger partial charge < -0.3 is 5.32 Å². The smallest absolute Gasteiger partial charge is 0.00701 e. The molecular weight excluding hydrogens is 206 g/mol. The summed E-state index contributed by atoms with van der Waals surface area (Å²) in [5.41, 5.74) is 2.82. The molecule has 0 aliphatic rings. The number of unbranched alkanes of at least 4 members (excludes halogenated alkanes) is 1. The third-order valence-corrected chi connectivity index (χ3v) is 3.30. The van der Waals surface area contributed by atoms with Crippen LogP contribution in [-0.4, -0.2) is 12.6 Å². The lowest BCUT2D eigenvalue weighted by Crippen LogP contribution is -2.29. The van der Waals surface area contributed by atoms with E-state index in [1.807, 2.05) is 0 Å². The van der Waals surface area contributed by atoms with Crippen LogP contribution in [0.1, 0.15) is 50.7 Å². The van der Waals surface area contributed by atoms with Crippen molar-refractivity contribution in [2.45, 2.75) is 58.9 Å². The van der Waals surface area contributed by atoms with E-state index in [4.69, 9.17) is 0 Å². The highest BCUT2D eigenvalue weighted by molar-refractivity contribution is 5.21. The molecule has 0 aliphatic carbocycles. The van der Waals surface area contributed by atoms with E-state index < -0.39 is 0 Å². The summed E-state index contributed by atoms with van der Waals surface area (Å²) >= 11 is 0. The van der Waals surface area contributed by atoms with E-state index in [0.717, 1.165) is 6.54 Å². The highest BCUT2D eigenvalue weighted by atomic mass is 14.9. The van der Waals surface area contributed by atoms with Gasteiger partial charge in [0.1, 0.15) is 0 Å². The third kappa shape index (κ3) is 5.88. The van der Waals surface area contributed by atoms with Crippen molar-refractivity contribution in [3.8, 4) is 0 Å². The van der Waals surface area contributed by atoms with Gasteiger partial charge in [0.15, 0.2) is 0 Å². The Labute approximate surface area is 107 Å².